The third-order valence-electron chi connectivity index (χ3n) is 2.50. The van der Waals surface area contributed by atoms with E-state index in [0.29, 0.717) is 18.0 Å². The summed E-state index contributed by atoms with van der Waals surface area (Å²) >= 11 is 0. The Hall–Kier alpha value is -2.69. The van der Waals surface area contributed by atoms with E-state index in [0.717, 1.165) is 5.75 Å². The highest BCUT2D eigenvalue weighted by atomic mass is 16.5. The van der Waals surface area contributed by atoms with Crippen molar-refractivity contribution >= 4 is 11.4 Å². The highest BCUT2D eigenvalue weighted by Crippen LogP contribution is 2.21. The van der Waals surface area contributed by atoms with Gasteiger partial charge in [-0.25, -0.2) is 0 Å². The number of nitrogens with zero attached hydrogens (tertiary/aromatic N) is 2. The van der Waals surface area contributed by atoms with Gasteiger partial charge in [0.15, 0.2) is 5.75 Å². The van der Waals surface area contributed by atoms with Crippen LogP contribution >= 0.6 is 0 Å². The molecule has 0 saturated heterocycles. The molecule has 20 heavy (non-hydrogen) atoms. The Bertz CT molecular complexity index is 667. The van der Waals surface area contributed by atoms with Gasteiger partial charge in [-0.1, -0.05) is 0 Å². The van der Waals surface area contributed by atoms with Crippen LogP contribution in [-0.4, -0.2) is 11.7 Å². The van der Waals surface area contributed by atoms with Crippen LogP contribution in [0.2, 0.25) is 0 Å². The molecule has 5 heteroatoms. The molecule has 0 radical (unpaired) electrons. The molecule has 0 bridgehead atoms. The van der Waals surface area contributed by atoms with Crippen LogP contribution in [0.25, 0.3) is 0 Å². The summed E-state index contributed by atoms with van der Waals surface area (Å²) in [6, 6.07) is 12.8. The van der Waals surface area contributed by atoms with Crippen molar-refractivity contribution in [2.75, 3.05) is 6.61 Å². The number of aromatic hydroxyl groups is 1. The molecule has 0 amide bonds. The molecule has 2 rings (SSSR count). The monoisotopic (exact) mass is 270 g/mol. The van der Waals surface area contributed by atoms with E-state index in [1.54, 1.807) is 12.1 Å². The van der Waals surface area contributed by atoms with Crippen molar-refractivity contribution < 1.29 is 9.84 Å². The lowest BCUT2D eigenvalue weighted by Gasteiger charge is -2.01. The van der Waals surface area contributed by atoms with Crippen molar-refractivity contribution in [2.45, 2.75) is 6.92 Å². The van der Waals surface area contributed by atoms with Crippen LogP contribution in [0.3, 0.4) is 0 Å². The van der Waals surface area contributed by atoms with Gasteiger partial charge < -0.3 is 9.84 Å². The normalized spacial score (nSPS) is 10.7. The van der Waals surface area contributed by atoms with E-state index in [1.807, 2.05) is 19.1 Å². The summed E-state index contributed by atoms with van der Waals surface area (Å²) in [7, 11) is 0. The Labute approximate surface area is 116 Å². The summed E-state index contributed by atoms with van der Waals surface area (Å²) in [5, 5.41) is 17.3. The Morgan fingerprint density at radius 3 is 2.10 bits per heavy atom. The second kappa shape index (κ2) is 6.47. The molecule has 0 aromatic heterocycles. The van der Waals surface area contributed by atoms with Crippen LogP contribution in [-0.2, 0) is 0 Å². The zero-order chi connectivity index (χ0) is 14.4. The van der Waals surface area contributed by atoms with Gasteiger partial charge in [0.25, 0.3) is 0 Å². The van der Waals surface area contributed by atoms with Gasteiger partial charge in [0.2, 0.25) is 5.43 Å². The van der Waals surface area contributed by atoms with Crippen LogP contribution in [0, 0.1) is 0 Å². The Kier molecular flexibility index (Phi) is 4.44. The number of azo groups is 1. The topological polar surface area (TPSA) is 71.2 Å². The van der Waals surface area contributed by atoms with Gasteiger partial charge in [0.1, 0.15) is 5.75 Å². The van der Waals surface area contributed by atoms with Gasteiger partial charge in [-0.2, -0.15) is 10.2 Å². The lowest BCUT2D eigenvalue weighted by molar-refractivity contribution is 0.340. The van der Waals surface area contributed by atoms with Crippen molar-refractivity contribution in [1.29, 1.82) is 0 Å². The molecular weight excluding hydrogens is 256 g/mol. The molecular formula is C15H14N2O3. The average Bonchev–Trinajstić information content (AvgIpc) is 2.62. The van der Waals surface area contributed by atoms with Gasteiger partial charge in [0, 0.05) is 0 Å². The molecule has 0 fully saturated rings. The molecule has 2 aromatic carbocycles. The first-order valence-corrected chi connectivity index (χ1v) is 6.17. The number of benzene rings is 1. The van der Waals surface area contributed by atoms with Gasteiger partial charge in [-0.3, -0.25) is 4.79 Å². The van der Waals surface area contributed by atoms with Crippen molar-refractivity contribution in [3.63, 3.8) is 0 Å². The SMILES string of the molecule is CCOc1ccc(N=Nc2ccc(O)c(=O)cc2)cc1. The van der Waals surface area contributed by atoms with Gasteiger partial charge in [-0.15, -0.1) is 0 Å². The molecule has 2 aromatic rings. The predicted molar refractivity (Wildman–Crippen MR) is 76.2 cm³/mol. The van der Waals surface area contributed by atoms with Crippen molar-refractivity contribution in [2.24, 2.45) is 10.2 Å². The van der Waals surface area contributed by atoms with E-state index in [4.69, 9.17) is 4.74 Å². The summed E-state index contributed by atoms with van der Waals surface area (Å²) in [4.78, 5) is 11.2. The minimum atomic E-state index is -0.451. The molecule has 0 saturated carbocycles. The zero-order valence-corrected chi connectivity index (χ0v) is 11.0. The maximum atomic E-state index is 11.2. The standard InChI is InChI=1S/C15H14N2O3/c1-2-20-13-7-3-11(4-8-13)16-17-12-5-9-14(18)15(19)10-6-12/h3-10H,2H2,1H3,(H,18,19). The van der Waals surface area contributed by atoms with Crippen molar-refractivity contribution in [3.8, 4) is 11.5 Å². The number of ether oxygens (including phenoxy) is 1. The fourth-order valence-corrected chi connectivity index (χ4v) is 1.51. The number of hydrogen-bond donors (Lipinski definition) is 1. The summed E-state index contributed by atoms with van der Waals surface area (Å²) < 4.78 is 5.33. The van der Waals surface area contributed by atoms with E-state index in [-0.39, 0.29) is 5.75 Å². The summed E-state index contributed by atoms with van der Waals surface area (Å²) in [5.74, 6) is 0.464. The third kappa shape index (κ3) is 3.65. The third-order valence-corrected chi connectivity index (χ3v) is 2.50. The second-order valence-corrected chi connectivity index (χ2v) is 3.97. The highest BCUT2D eigenvalue weighted by Gasteiger charge is 1.95. The van der Waals surface area contributed by atoms with Crippen LogP contribution in [0.15, 0.2) is 63.6 Å². The number of rotatable bonds is 4. The second-order valence-electron chi connectivity index (χ2n) is 3.97. The molecule has 0 aliphatic heterocycles. The van der Waals surface area contributed by atoms with Crippen LogP contribution in [0.4, 0.5) is 11.4 Å². The van der Waals surface area contributed by atoms with E-state index in [1.165, 1.54) is 24.3 Å². The Morgan fingerprint density at radius 1 is 0.950 bits per heavy atom. The molecule has 0 heterocycles. The Morgan fingerprint density at radius 2 is 1.50 bits per heavy atom. The average molecular weight is 270 g/mol. The maximum Gasteiger partial charge on any atom is 0.220 e. The van der Waals surface area contributed by atoms with Crippen LogP contribution in [0.1, 0.15) is 6.92 Å². The zero-order valence-electron chi connectivity index (χ0n) is 11.0. The largest absolute Gasteiger partial charge is 0.504 e. The van der Waals surface area contributed by atoms with Crippen molar-refractivity contribution in [1.82, 2.24) is 0 Å². The summed E-state index contributed by atoms with van der Waals surface area (Å²) in [6.07, 6.45) is 0. The molecule has 1 N–H and O–H groups in total. The summed E-state index contributed by atoms with van der Waals surface area (Å²) in [6.45, 7) is 2.53. The van der Waals surface area contributed by atoms with E-state index in [9.17, 15) is 9.90 Å². The molecule has 0 unspecified atom stereocenters. The first-order chi connectivity index (χ1) is 9.69. The quantitative estimate of drug-likeness (QED) is 0.863. The van der Waals surface area contributed by atoms with Gasteiger partial charge in [0.05, 0.1) is 18.0 Å². The number of hydrogen-bond acceptors (Lipinski definition) is 5. The van der Waals surface area contributed by atoms with Crippen LogP contribution in [0.5, 0.6) is 11.5 Å². The minimum Gasteiger partial charge on any atom is -0.504 e. The predicted octanol–water partition coefficient (Wildman–Crippen LogP) is 3.57. The highest BCUT2D eigenvalue weighted by molar-refractivity contribution is 5.43. The first-order valence-electron chi connectivity index (χ1n) is 6.17. The summed E-state index contributed by atoms with van der Waals surface area (Å²) in [5.41, 5.74) is 0.704. The Balaban J connectivity index is 2.17. The van der Waals surface area contributed by atoms with Gasteiger partial charge >= 0.3 is 0 Å². The lowest BCUT2D eigenvalue weighted by atomic mass is 10.3. The fourth-order valence-electron chi connectivity index (χ4n) is 1.51. The van der Waals surface area contributed by atoms with E-state index < -0.39 is 5.43 Å². The smallest absolute Gasteiger partial charge is 0.220 e. The fraction of sp³-hybridized carbons (Fsp3) is 0.133. The molecule has 0 aliphatic rings. The molecule has 5 nitrogen and oxygen atoms in total. The molecule has 0 atom stereocenters. The first kappa shape index (κ1) is 13.7. The van der Waals surface area contributed by atoms with Crippen molar-refractivity contribution in [3.05, 3.63) is 58.8 Å². The lowest BCUT2D eigenvalue weighted by Crippen LogP contribution is -1.91. The molecule has 102 valence electrons. The van der Waals surface area contributed by atoms with Crippen LogP contribution < -0.4 is 10.2 Å². The molecule has 0 spiro atoms. The van der Waals surface area contributed by atoms with Gasteiger partial charge in [-0.05, 0) is 55.5 Å². The van der Waals surface area contributed by atoms with E-state index >= 15 is 0 Å². The maximum absolute atomic E-state index is 11.2. The van der Waals surface area contributed by atoms with E-state index in [2.05, 4.69) is 10.2 Å². The minimum absolute atomic E-state index is 0.312. The molecule has 0 aliphatic carbocycles.